The first kappa shape index (κ1) is 24.2. The first-order valence-electron chi connectivity index (χ1n) is 7.95. The molecule has 1 heterocycles. The first-order chi connectivity index (χ1) is 13.1. The maximum Gasteiger partial charge on any atom is 0.400 e. The number of halogens is 3. The summed E-state index contributed by atoms with van der Waals surface area (Å²) in [7, 11) is -8.94. The number of ether oxygens (including phenoxy) is 1. The van der Waals surface area contributed by atoms with Gasteiger partial charge in [0.05, 0.1) is 17.1 Å². The fraction of sp³-hybridized carbons (Fsp3) is 0.400. The average Bonchev–Trinajstić information content (AvgIpc) is 2.90. The van der Waals surface area contributed by atoms with E-state index in [2.05, 4.69) is 15.9 Å². The fourth-order valence-electron chi connectivity index (χ4n) is 2.36. The van der Waals surface area contributed by atoms with Crippen LogP contribution in [0.5, 0.6) is 5.75 Å². The fourth-order valence-corrected chi connectivity index (χ4v) is 6.07. The number of benzene rings is 1. The minimum Gasteiger partial charge on any atom is -0.492 e. The largest absolute Gasteiger partial charge is 0.492 e. The van der Waals surface area contributed by atoms with Crippen LogP contribution in [0.25, 0.3) is 10.1 Å². The molecule has 0 saturated heterocycles. The molecule has 1 amide bonds. The van der Waals surface area contributed by atoms with Gasteiger partial charge >= 0.3 is 13.3 Å². The molecule has 4 N–H and O–H groups in total. The smallest absolute Gasteiger partial charge is 0.400 e. The third kappa shape index (κ3) is 5.53. The summed E-state index contributed by atoms with van der Waals surface area (Å²) in [5.41, 5.74) is 0.767. The van der Waals surface area contributed by atoms with Crippen LogP contribution < -0.4 is 10.5 Å². The van der Waals surface area contributed by atoms with E-state index in [9.17, 15) is 26.6 Å². The third-order valence-corrected chi connectivity index (χ3v) is 8.30. The maximum absolute atomic E-state index is 14.2. The van der Waals surface area contributed by atoms with Crippen LogP contribution in [0.2, 0.25) is 0 Å². The Morgan fingerprint density at radius 3 is 2.48 bits per heavy atom. The Kier molecular flexibility index (Phi) is 7.13. The van der Waals surface area contributed by atoms with E-state index in [1.165, 1.54) is 12.1 Å². The number of carbonyl (C=O) groups excluding carboxylic acids is 1. The van der Waals surface area contributed by atoms with Gasteiger partial charge in [0, 0.05) is 21.7 Å². The lowest BCUT2D eigenvalue weighted by Crippen LogP contribution is -2.12. The van der Waals surface area contributed by atoms with Gasteiger partial charge in [-0.25, -0.2) is 8.42 Å². The zero-order chi connectivity index (χ0) is 22.2. The highest BCUT2D eigenvalue weighted by atomic mass is 79.9. The summed E-state index contributed by atoms with van der Waals surface area (Å²) in [4.78, 5) is 28.7. The number of thiophene rings is 1. The summed E-state index contributed by atoms with van der Waals surface area (Å²) in [5, 5.41) is 0.0839. The molecule has 0 spiro atoms. The van der Waals surface area contributed by atoms with Gasteiger partial charge in [-0.2, -0.15) is 8.78 Å². The van der Waals surface area contributed by atoms with Crippen LogP contribution in [0.3, 0.4) is 0 Å². The van der Waals surface area contributed by atoms with Gasteiger partial charge in [-0.1, -0.05) is 0 Å². The summed E-state index contributed by atoms with van der Waals surface area (Å²) < 4.78 is 67.4. The number of hydrogen-bond acceptors (Lipinski definition) is 6. The van der Waals surface area contributed by atoms with Gasteiger partial charge in [0.25, 0.3) is 0 Å². The Bertz CT molecular complexity index is 1100. The normalized spacial score (nSPS) is 13.0. The molecule has 1 aromatic carbocycles. The number of hydrogen-bond donors (Lipinski definition) is 3. The lowest BCUT2D eigenvalue weighted by Gasteiger charge is -2.16. The summed E-state index contributed by atoms with van der Waals surface area (Å²) in [6.45, 7) is 0.0343. The molecule has 1 aromatic heterocycles. The van der Waals surface area contributed by atoms with Crippen LogP contribution in [-0.2, 0) is 20.1 Å². The molecule has 0 saturated carbocycles. The third-order valence-electron chi connectivity index (χ3n) is 3.79. The highest BCUT2D eigenvalue weighted by molar-refractivity contribution is 9.10. The van der Waals surface area contributed by atoms with Gasteiger partial charge in [0.15, 0.2) is 0 Å². The summed E-state index contributed by atoms with van der Waals surface area (Å²) in [6.07, 6.45) is 1.75. The highest BCUT2D eigenvalue weighted by Gasteiger charge is 2.53. The zero-order valence-electron chi connectivity index (χ0n) is 14.9. The molecule has 0 fully saturated rings. The van der Waals surface area contributed by atoms with E-state index in [1.54, 1.807) is 0 Å². The van der Waals surface area contributed by atoms with Crippen molar-refractivity contribution < 1.29 is 41.1 Å². The van der Waals surface area contributed by atoms with Gasteiger partial charge in [0.1, 0.15) is 20.5 Å². The molecule has 29 heavy (non-hydrogen) atoms. The summed E-state index contributed by atoms with van der Waals surface area (Å²) >= 11 is 3.34. The van der Waals surface area contributed by atoms with Gasteiger partial charge in [-0.15, -0.1) is 11.3 Å². The molecule has 14 heteroatoms. The number of nitrogens with two attached hydrogens (primary N) is 1. The standard InChI is InChI=1S/C15H17BrF2NO7PS2/c1-29(24,25)5-3-2-4-26-10-7-8(14(19)20)6-9-11(16)13(28-12(9)10)15(17,18)27(21,22)23/h6-7H,2-5H2,1H3,(H2,19,20)(H2,21,22,23). The van der Waals surface area contributed by atoms with Crippen molar-refractivity contribution >= 4 is 60.7 Å². The first-order valence-corrected chi connectivity index (χ1v) is 13.2. The molecule has 162 valence electrons. The van der Waals surface area contributed by atoms with E-state index in [0.29, 0.717) is 24.2 Å². The molecule has 8 nitrogen and oxygen atoms in total. The number of fused-ring (bicyclic) bond motifs is 1. The molecule has 0 atom stereocenters. The van der Waals surface area contributed by atoms with Gasteiger partial charge in [-0.3, -0.25) is 9.36 Å². The Morgan fingerprint density at radius 2 is 1.97 bits per heavy atom. The molecule has 0 aliphatic rings. The molecule has 2 rings (SSSR count). The Morgan fingerprint density at radius 1 is 1.34 bits per heavy atom. The van der Waals surface area contributed by atoms with Gasteiger partial charge < -0.3 is 20.3 Å². The van der Waals surface area contributed by atoms with Crippen molar-refractivity contribution in [3.8, 4) is 5.75 Å². The Labute approximate surface area is 177 Å². The molecule has 0 aliphatic heterocycles. The van der Waals surface area contributed by atoms with Crippen LogP contribution in [0, 0.1) is 0 Å². The van der Waals surface area contributed by atoms with Crippen molar-refractivity contribution in [2.75, 3.05) is 18.6 Å². The monoisotopic (exact) mass is 535 g/mol. The maximum atomic E-state index is 14.2. The minimum atomic E-state index is -5.81. The van der Waals surface area contributed by atoms with Crippen LogP contribution in [0.4, 0.5) is 8.78 Å². The van der Waals surface area contributed by atoms with E-state index >= 15 is 0 Å². The number of amides is 1. The molecular formula is C15H17BrF2NO7PS2. The van der Waals surface area contributed by atoms with Crippen molar-refractivity contribution in [3.63, 3.8) is 0 Å². The predicted octanol–water partition coefficient (Wildman–Crippen LogP) is 3.19. The number of primary amides is 1. The topological polar surface area (TPSA) is 144 Å². The van der Waals surface area contributed by atoms with Crippen LogP contribution >= 0.6 is 34.9 Å². The number of sulfone groups is 1. The lowest BCUT2D eigenvalue weighted by atomic mass is 10.1. The zero-order valence-corrected chi connectivity index (χ0v) is 19.0. The van der Waals surface area contributed by atoms with Crippen LogP contribution in [0.1, 0.15) is 28.1 Å². The van der Waals surface area contributed by atoms with Crippen LogP contribution in [-0.4, -0.2) is 42.7 Å². The lowest BCUT2D eigenvalue weighted by molar-refractivity contribution is 0.0595. The van der Waals surface area contributed by atoms with Crippen molar-refractivity contribution in [2.24, 2.45) is 5.73 Å². The van der Waals surface area contributed by atoms with E-state index in [-0.39, 0.29) is 38.2 Å². The Balaban J connectivity index is 2.45. The molecule has 0 radical (unpaired) electrons. The molecular weight excluding hydrogens is 519 g/mol. The molecule has 2 aromatic rings. The molecule has 0 bridgehead atoms. The second kappa shape index (κ2) is 8.56. The van der Waals surface area contributed by atoms with Crippen molar-refractivity contribution in [1.29, 1.82) is 0 Å². The molecule has 0 aliphatic carbocycles. The average molecular weight is 536 g/mol. The van der Waals surface area contributed by atoms with E-state index in [0.717, 1.165) is 6.26 Å². The van der Waals surface area contributed by atoms with Crippen LogP contribution in [0.15, 0.2) is 16.6 Å². The van der Waals surface area contributed by atoms with Crippen molar-refractivity contribution in [3.05, 3.63) is 27.0 Å². The van der Waals surface area contributed by atoms with Crippen molar-refractivity contribution in [1.82, 2.24) is 0 Å². The second-order valence-electron chi connectivity index (χ2n) is 6.23. The highest BCUT2D eigenvalue weighted by Crippen LogP contribution is 2.63. The minimum absolute atomic E-state index is 0.0223. The second-order valence-corrected chi connectivity index (χ2v) is 12.0. The van der Waals surface area contributed by atoms with Gasteiger partial charge in [0.2, 0.25) is 5.91 Å². The van der Waals surface area contributed by atoms with Gasteiger partial charge in [-0.05, 0) is 40.9 Å². The number of carbonyl (C=O) groups is 1. The quantitative estimate of drug-likeness (QED) is 0.330. The summed E-state index contributed by atoms with van der Waals surface area (Å²) in [5.74, 6) is -0.875. The van der Waals surface area contributed by atoms with E-state index in [4.69, 9.17) is 20.3 Å². The number of rotatable bonds is 9. The predicted molar refractivity (Wildman–Crippen MR) is 108 cm³/mol. The number of alkyl halides is 2. The van der Waals surface area contributed by atoms with E-state index in [1.807, 2.05) is 0 Å². The summed E-state index contributed by atoms with van der Waals surface area (Å²) in [6, 6.07) is 2.46. The number of unbranched alkanes of at least 4 members (excludes halogenated alkanes) is 1. The SMILES string of the molecule is CS(=O)(=O)CCCCOc1cc(C(N)=O)cc2c(Br)c(C(F)(F)P(=O)(O)O)sc12. The van der Waals surface area contributed by atoms with E-state index < -0.39 is 33.9 Å². The Hall–Kier alpha value is -1.11. The van der Waals surface area contributed by atoms with Crippen molar-refractivity contribution in [2.45, 2.75) is 18.5 Å². The molecule has 0 unspecified atom stereocenters.